The van der Waals surface area contributed by atoms with Gasteiger partial charge in [-0.25, -0.2) is 0 Å². The third kappa shape index (κ3) is 2.41. The van der Waals surface area contributed by atoms with Gasteiger partial charge < -0.3 is 10.6 Å². The monoisotopic (exact) mass is 318 g/mol. The van der Waals surface area contributed by atoms with Gasteiger partial charge in [-0.3, -0.25) is 4.79 Å². The fourth-order valence-electron chi connectivity index (χ4n) is 4.06. The molecule has 3 nitrogen and oxygen atoms in total. The number of hydrogen-bond acceptors (Lipinski definition) is 2. The van der Waals surface area contributed by atoms with Crippen LogP contribution < -0.4 is 10.6 Å². The topological polar surface area (TPSA) is 41.1 Å². The van der Waals surface area contributed by atoms with E-state index in [1.165, 1.54) is 11.1 Å². The Bertz CT molecular complexity index is 782. The summed E-state index contributed by atoms with van der Waals surface area (Å²) in [5.41, 5.74) is 4.26. The number of carbonyl (C=O) groups is 1. The minimum atomic E-state index is -0.00547. The smallest absolute Gasteiger partial charge is 0.253 e. The van der Waals surface area contributed by atoms with Crippen LogP contribution in [0.1, 0.15) is 46.8 Å². The van der Waals surface area contributed by atoms with E-state index >= 15 is 0 Å². The van der Waals surface area contributed by atoms with E-state index in [-0.39, 0.29) is 11.9 Å². The number of carbonyl (C=O) groups excluding carboxylic acids is 1. The first kappa shape index (κ1) is 15.0. The van der Waals surface area contributed by atoms with Crippen LogP contribution in [0.3, 0.4) is 0 Å². The summed E-state index contributed by atoms with van der Waals surface area (Å²) in [4.78, 5) is 12.5. The maximum absolute atomic E-state index is 12.5. The maximum Gasteiger partial charge on any atom is 0.253 e. The molecule has 1 heterocycles. The van der Waals surface area contributed by atoms with Crippen LogP contribution in [0, 0.1) is 5.92 Å². The van der Waals surface area contributed by atoms with Gasteiger partial charge in [0.1, 0.15) is 0 Å². The first-order chi connectivity index (χ1) is 11.8. The van der Waals surface area contributed by atoms with Crippen LogP contribution in [0.25, 0.3) is 0 Å². The molecule has 1 amide bonds. The largest absolute Gasteiger partial charge is 0.377 e. The molecule has 122 valence electrons. The zero-order valence-corrected chi connectivity index (χ0v) is 13.8. The molecule has 0 spiro atoms. The lowest BCUT2D eigenvalue weighted by molar-refractivity contribution is 0.0956. The van der Waals surface area contributed by atoms with Crippen LogP contribution in [0.4, 0.5) is 5.69 Å². The Morgan fingerprint density at radius 1 is 1.17 bits per heavy atom. The number of para-hydroxylation sites is 1. The predicted octanol–water partition coefficient (Wildman–Crippen LogP) is 4.26. The Hall–Kier alpha value is -2.55. The lowest BCUT2D eigenvalue weighted by Crippen LogP contribution is -2.32. The molecule has 1 aliphatic heterocycles. The van der Waals surface area contributed by atoms with E-state index < -0.39 is 0 Å². The lowest BCUT2D eigenvalue weighted by Gasteiger charge is -2.38. The van der Waals surface area contributed by atoms with Gasteiger partial charge in [-0.05, 0) is 36.5 Å². The van der Waals surface area contributed by atoms with Gasteiger partial charge in [0.2, 0.25) is 0 Å². The van der Waals surface area contributed by atoms with Gasteiger partial charge in [-0.1, -0.05) is 54.6 Å². The van der Waals surface area contributed by atoms with Crippen molar-refractivity contribution in [2.45, 2.75) is 25.3 Å². The SMILES string of the molecule is CCNC(=O)c1cccc2c1NC(c1ccccc1)C1CC=CC21. The zero-order valence-electron chi connectivity index (χ0n) is 13.8. The van der Waals surface area contributed by atoms with E-state index in [0.29, 0.717) is 18.4 Å². The molecular weight excluding hydrogens is 296 g/mol. The Labute approximate surface area is 142 Å². The van der Waals surface area contributed by atoms with E-state index in [9.17, 15) is 4.79 Å². The van der Waals surface area contributed by atoms with E-state index in [2.05, 4.69) is 53.1 Å². The molecular formula is C21H22N2O. The number of allylic oxidation sites excluding steroid dienone is 2. The lowest BCUT2D eigenvalue weighted by atomic mass is 9.76. The van der Waals surface area contributed by atoms with Gasteiger partial charge in [0, 0.05) is 12.5 Å². The maximum atomic E-state index is 12.5. The van der Waals surface area contributed by atoms with E-state index in [1.807, 2.05) is 25.1 Å². The highest BCUT2D eigenvalue weighted by Crippen LogP contribution is 2.50. The van der Waals surface area contributed by atoms with Gasteiger partial charge in [-0.2, -0.15) is 0 Å². The van der Waals surface area contributed by atoms with Crippen molar-refractivity contribution in [3.8, 4) is 0 Å². The van der Waals surface area contributed by atoms with E-state index in [0.717, 1.165) is 17.7 Å². The molecule has 0 fully saturated rings. The molecule has 2 aromatic carbocycles. The van der Waals surface area contributed by atoms with Crippen LogP contribution >= 0.6 is 0 Å². The quantitative estimate of drug-likeness (QED) is 0.830. The molecule has 0 radical (unpaired) electrons. The third-order valence-electron chi connectivity index (χ3n) is 5.14. The molecule has 24 heavy (non-hydrogen) atoms. The highest BCUT2D eigenvalue weighted by atomic mass is 16.1. The second-order valence-corrected chi connectivity index (χ2v) is 6.52. The van der Waals surface area contributed by atoms with Gasteiger partial charge in [0.15, 0.2) is 0 Å². The van der Waals surface area contributed by atoms with Crippen molar-refractivity contribution in [2.24, 2.45) is 5.92 Å². The summed E-state index contributed by atoms with van der Waals surface area (Å²) in [5.74, 6) is 0.874. The number of rotatable bonds is 3. The summed E-state index contributed by atoms with van der Waals surface area (Å²) in [5, 5.41) is 6.62. The minimum absolute atomic E-state index is 0.00547. The summed E-state index contributed by atoms with van der Waals surface area (Å²) in [7, 11) is 0. The van der Waals surface area contributed by atoms with Gasteiger partial charge >= 0.3 is 0 Å². The Balaban J connectivity index is 1.80. The number of hydrogen-bond donors (Lipinski definition) is 2. The van der Waals surface area contributed by atoms with E-state index in [4.69, 9.17) is 0 Å². The summed E-state index contributed by atoms with van der Waals surface area (Å²) in [6.45, 7) is 2.58. The van der Waals surface area contributed by atoms with E-state index in [1.54, 1.807) is 0 Å². The minimum Gasteiger partial charge on any atom is -0.377 e. The fraction of sp³-hybridized carbons (Fsp3) is 0.286. The van der Waals surface area contributed by atoms with Gasteiger partial charge in [0.25, 0.3) is 5.91 Å². The van der Waals surface area contributed by atoms with Gasteiger partial charge in [0.05, 0.1) is 17.3 Å². The van der Waals surface area contributed by atoms with Crippen molar-refractivity contribution in [3.05, 3.63) is 77.4 Å². The molecule has 1 aliphatic carbocycles. The number of benzene rings is 2. The molecule has 0 aromatic heterocycles. The van der Waals surface area contributed by atoms with Crippen molar-refractivity contribution >= 4 is 11.6 Å². The van der Waals surface area contributed by atoms with Crippen LogP contribution in [-0.2, 0) is 0 Å². The molecule has 3 unspecified atom stereocenters. The number of fused-ring (bicyclic) bond motifs is 3. The summed E-state index contributed by atoms with van der Waals surface area (Å²) >= 11 is 0. The average Bonchev–Trinajstić information content (AvgIpc) is 3.11. The molecule has 0 saturated carbocycles. The van der Waals surface area contributed by atoms with Crippen molar-refractivity contribution < 1.29 is 4.79 Å². The first-order valence-electron chi connectivity index (χ1n) is 8.69. The van der Waals surface area contributed by atoms with Crippen molar-refractivity contribution in [1.82, 2.24) is 5.32 Å². The molecule has 2 aliphatic rings. The standard InChI is InChI=1S/C21H22N2O/c1-2-22-21(24)18-13-7-12-17-15-10-6-11-16(15)19(23-20(17)18)14-8-4-3-5-9-14/h3-10,12-13,15-16,19,23H,2,11H2,1H3,(H,22,24). The summed E-state index contributed by atoms with van der Waals surface area (Å²) < 4.78 is 0. The molecule has 0 bridgehead atoms. The molecule has 2 N–H and O–H groups in total. The number of nitrogens with one attached hydrogen (secondary N) is 2. The average molecular weight is 318 g/mol. The molecule has 3 atom stereocenters. The Morgan fingerprint density at radius 2 is 2.00 bits per heavy atom. The normalized spacial score (nSPS) is 24.0. The van der Waals surface area contributed by atoms with Crippen molar-refractivity contribution in [2.75, 3.05) is 11.9 Å². The fourth-order valence-corrected chi connectivity index (χ4v) is 4.06. The second kappa shape index (κ2) is 6.16. The second-order valence-electron chi connectivity index (χ2n) is 6.52. The van der Waals surface area contributed by atoms with Crippen LogP contribution in [0.15, 0.2) is 60.7 Å². The van der Waals surface area contributed by atoms with Gasteiger partial charge in [-0.15, -0.1) is 0 Å². The molecule has 2 aromatic rings. The highest BCUT2D eigenvalue weighted by molar-refractivity contribution is 6.00. The van der Waals surface area contributed by atoms with Crippen LogP contribution in [0.5, 0.6) is 0 Å². The van der Waals surface area contributed by atoms with Crippen LogP contribution in [0.2, 0.25) is 0 Å². The zero-order chi connectivity index (χ0) is 16.5. The first-order valence-corrected chi connectivity index (χ1v) is 8.69. The molecule has 3 heteroatoms. The van der Waals surface area contributed by atoms with Crippen molar-refractivity contribution in [3.63, 3.8) is 0 Å². The Morgan fingerprint density at radius 3 is 2.79 bits per heavy atom. The highest BCUT2D eigenvalue weighted by Gasteiger charge is 2.39. The Kier molecular flexibility index (Phi) is 3.85. The number of amides is 1. The van der Waals surface area contributed by atoms with Crippen molar-refractivity contribution in [1.29, 1.82) is 0 Å². The summed E-state index contributed by atoms with van der Waals surface area (Å²) in [6, 6.07) is 16.9. The molecule has 4 rings (SSSR count). The molecule has 0 saturated heterocycles. The third-order valence-corrected chi connectivity index (χ3v) is 5.14. The number of anilines is 1. The predicted molar refractivity (Wildman–Crippen MR) is 97.2 cm³/mol. The summed E-state index contributed by atoms with van der Waals surface area (Å²) in [6.07, 6.45) is 5.66. The van der Waals surface area contributed by atoms with Crippen LogP contribution in [-0.4, -0.2) is 12.5 Å².